The molecule has 1 saturated heterocycles. The predicted octanol–water partition coefficient (Wildman–Crippen LogP) is 1.15. The van der Waals surface area contributed by atoms with Gasteiger partial charge in [0.1, 0.15) is 23.6 Å². The van der Waals surface area contributed by atoms with E-state index in [-0.39, 0.29) is 19.0 Å². The van der Waals surface area contributed by atoms with Crippen molar-refractivity contribution in [1.29, 1.82) is 0 Å². The second-order valence-electron chi connectivity index (χ2n) is 8.42. The molecule has 4 N–H and O–H groups in total. The SMILES string of the molecule is COC[C@@H](COP(=O)(O)OC1[C@@]2(CCl)O[C@@H](n3ccc(N)nc3=O)[C@H](F)[C@@]12O)OCc1ccccc1. The first kappa shape index (κ1) is 27.1. The highest BCUT2D eigenvalue weighted by Crippen LogP contribution is 2.68. The van der Waals surface area contributed by atoms with E-state index < -0.39 is 61.8 Å². The molecule has 2 unspecified atom stereocenters. The molecule has 1 saturated carbocycles. The van der Waals surface area contributed by atoms with E-state index in [4.69, 9.17) is 40.6 Å². The fourth-order valence-electron chi connectivity index (χ4n) is 4.16. The number of hydrogen-bond acceptors (Lipinski definition) is 10. The zero-order chi connectivity index (χ0) is 26.1. The maximum atomic E-state index is 15.3. The minimum atomic E-state index is -4.84. The minimum absolute atomic E-state index is 0.0491. The molecule has 0 spiro atoms. The van der Waals surface area contributed by atoms with Crippen LogP contribution in [-0.4, -0.2) is 75.3 Å². The molecule has 12 nitrogen and oxygen atoms in total. The number of anilines is 1. The molecular weight excluding hydrogens is 524 g/mol. The Morgan fingerprint density at radius 1 is 1.33 bits per heavy atom. The molecule has 0 radical (unpaired) electrons. The van der Waals surface area contributed by atoms with Gasteiger partial charge in [0, 0.05) is 13.3 Å². The van der Waals surface area contributed by atoms with Gasteiger partial charge in [-0.15, -0.1) is 11.6 Å². The van der Waals surface area contributed by atoms with Crippen LogP contribution in [-0.2, 0) is 34.4 Å². The number of nitrogens with two attached hydrogens (primary N) is 1. The van der Waals surface area contributed by atoms with Crippen LogP contribution in [0.25, 0.3) is 0 Å². The third-order valence-electron chi connectivity index (χ3n) is 6.09. The summed E-state index contributed by atoms with van der Waals surface area (Å²) in [4.78, 5) is 25.9. The Balaban J connectivity index is 1.40. The molecule has 2 aromatic rings. The van der Waals surface area contributed by atoms with E-state index in [1.165, 1.54) is 13.2 Å². The number of phosphoric acid groups is 1. The molecule has 36 heavy (non-hydrogen) atoms. The highest BCUT2D eigenvalue weighted by Gasteiger charge is 2.90. The largest absolute Gasteiger partial charge is 0.472 e. The summed E-state index contributed by atoms with van der Waals surface area (Å²) < 4.78 is 55.2. The Hall–Kier alpha value is -1.93. The molecule has 0 amide bonds. The van der Waals surface area contributed by atoms with Crippen LogP contribution in [0.1, 0.15) is 11.8 Å². The summed E-state index contributed by atoms with van der Waals surface area (Å²) in [5, 5.41) is 11.0. The molecule has 0 bridgehead atoms. The second kappa shape index (κ2) is 10.4. The van der Waals surface area contributed by atoms with Gasteiger partial charge in [-0.3, -0.25) is 13.6 Å². The summed E-state index contributed by atoms with van der Waals surface area (Å²) in [5.74, 6) is -0.589. The topological polar surface area (TPSA) is 165 Å². The number of nitrogens with zero attached hydrogens (tertiary/aromatic N) is 2. The van der Waals surface area contributed by atoms with Crippen molar-refractivity contribution in [3.63, 3.8) is 0 Å². The van der Waals surface area contributed by atoms with Gasteiger partial charge < -0.3 is 29.9 Å². The van der Waals surface area contributed by atoms with Crippen molar-refractivity contribution in [3.05, 3.63) is 58.6 Å². The average molecular weight is 550 g/mol. The van der Waals surface area contributed by atoms with E-state index >= 15 is 4.39 Å². The number of phosphoric ester groups is 1. The summed E-state index contributed by atoms with van der Waals surface area (Å²) in [5.41, 5.74) is 1.08. The molecule has 4 rings (SSSR count). The van der Waals surface area contributed by atoms with E-state index in [0.717, 1.165) is 16.3 Å². The van der Waals surface area contributed by atoms with Gasteiger partial charge in [-0.05, 0) is 11.6 Å². The van der Waals surface area contributed by atoms with Crippen LogP contribution in [0.4, 0.5) is 10.2 Å². The monoisotopic (exact) mass is 549 g/mol. The van der Waals surface area contributed by atoms with Crippen LogP contribution in [0.5, 0.6) is 0 Å². The van der Waals surface area contributed by atoms with Gasteiger partial charge in [-0.2, -0.15) is 4.98 Å². The highest BCUT2D eigenvalue weighted by atomic mass is 35.5. The number of benzene rings is 1. The summed E-state index contributed by atoms with van der Waals surface area (Å²) >= 11 is 5.95. The quantitative estimate of drug-likeness (QED) is 0.257. The van der Waals surface area contributed by atoms with Crippen molar-refractivity contribution in [3.8, 4) is 0 Å². The number of aliphatic hydroxyl groups is 1. The number of nitrogen functional groups attached to an aromatic ring is 1. The van der Waals surface area contributed by atoms with Gasteiger partial charge in [0.25, 0.3) is 0 Å². The molecular formula is C21H26ClFN3O9P. The molecule has 15 heteroatoms. The molecule has 1 aliphatic carbocycles. The Kier molecular flexibility index (Phi) is 7.87. The molecule has 2 heterocycles. The lowest BCUT2D eigenvalue weighted by Gasteiger charge is -2.24. The smallest absolute Gasteiger partial charge is 0.383 e. The molecule has 2 aliphatic rings. The first-order chi connectivity index (χ1) is 17.1. The first-order valence-electron chi connectivity index (χ1n) is 10.8. The molecule has 198 valence electrons. The highest BCUT2D eigenvalue weighted by molar-refractivity contribution is 7.47. The van der Waals surface area contributed by atoms with Crippen LogP contribution in [0.3, 0.4) is 0 Å². The maximum absolute atomic E-state index is 15.3. The van der Waals surface area contributed by atoms with Gasteiger partial charge in [-0.25, -0.2) is 13.8 Å². The van der Waals surface area contributed by atoms with E-state index in [1.807, 2.05) is 30.3 Å². The number of alkyl halides is 2. The van der Waals surface area contributed by atoms with Gasteiger partial charge >= 0.3 is 13.5 Å². The number of rotatable bonds is 12. The van der Waals surface area contributed by atoms with Crippen LogP contribution < -0.4 is 11.4 Å². The molecule has 1 aromatic heterocycles. The van der Waals surface area contributed by atoms with Crippen LogP contribution >= 0.6 is 19.4 Å². The third kappa shape index (κ3) is 4.95. The lowest BCUT2D eigenvalue weighted by molar-refractivity contribution is -0.0886. The molecule has 1 aliphatic heterocycles. The van der Waals surface area contributed by atoms with Crippen molar-refractivity contribution < 1.29 is 42.2 Å². The Morgan fingerprint density at radius 3 is 2.67 bits per heavy atom. The van der Waals surface area contributed by atoms with Crippen molar-refractivity contribution >= 4 is 25.2 Å². The number of methoxy groups -OCH3 is 1. The molecule has 1 aromatic carbocycles. The number of fused-ring (bicyclic) bond motifs is 1. The normalized spacial score (nSPS) is 31.5. The van der Waals surface area contributed by atoms with Crippen LogP contribution in [0.2, 0.25) is 0 Å². The number of halogens is 2. The Labute approximate surface area is 210 Å². The summed E-state index contributed by atoms with van der Waals surface area (Å²) in [6.07, 6.45) is -5.08. The first-order valence-corrected chi connectivity index (χ1v) is 12.9. The predicted molar refractivity (Wildman–Crippen MR) is 124 cm³/mol. The molecule has 7 atom stereocenters. The third-order valence-corrected chi connectivity index (χ3v) is 7.44. The van der Waals surface area contributed by atoms with E-state index in [1.54, 1.807) is 0 Å². The average Bonchev–Trinajstić information content (AvgIpc) is 3.25. The van der Waals surface area contributed by atoms with Gasteiger partial charge in [0.2, 0.25) is 0 Å². The number of ether oxygens (including phenoxy) is 3. The van der Waals surface area contributed by atoms with Crippen molar-refractivity contribution in [1.82, 2.24) is 9.55 Å². The zero-order valence-electron chi connectivity index (χ0n) is 19.1. The van der Waals surface area contributed by atoms with Crippen molar-refractivity contribution in [2.24, 2.45) is 0 Å². The fraction of sp³-hybridized carbons (Fsp3) is 0.524. The molecule has 2 fully saturated rings. The number of aromatic nitrogens is 2. The lowest BCUT2D eigenvalue weighted by atomic mass is 10.1. The van der Waals surface area contributed by atoms with Crippen molar-refractivity contribution in [2.45, 2.75) is 42.4 Å². The Morgan fingerprint density at radius 2 is 2.06 bits per heavy atom. The van der Waals surface area contributed by atoms with E-state index in [2.05, 4.69) is 4.98 Å². The summed E-state index contributed by atoms with van der Waals surface area (Å²) in [6, 6.07) is 10.5. The van der Waals surface area contributed by atoms with Crippen molar-refractivity contribution in [2.75, 3.05) is 31.9 Å². The zero-order valence-corrected chi connectivity index (χ0v) is 20.8. The van der Waals surface area contributed by atoms with Gasteiger partial charge in [-0.1, -0.05) is 30.3 Å². The van der Waals surface area contributed by atoms with E-state index in [9.17, 15) is 19.4 Å². The van der Waals surface area contributed by atoms with Crippen LogP contribution in [0.15, 0.2) is 47.4 Å². The van der Waals surface area contributed by atoms with E-state index in [0.29, 0.717) is 0 Å². The lowest BCUT2D eigenvalue weighted by Crippen LogP contribution is -2.38. The number of hydrogen-bond donors (Lipinski definition) is 3. The summed E-state index contributed by atoms with van der Waals surface area (Å²) in [6.45, 7) is -0.152. The van der Waals surface area contributed by atoms with Gasteiger partial charge in [0.05, 0.1) is 25.7 Å². The summed E-state index contributed by atoms with van der Waals surface area (Å²) in [7, 11) is -3.42. The Bertz CT molecular complexity index is 1170. The van der Waals surface area contributed by atoms with Gasteiger partial charge in [0.15, 0.2) is 18.0 Å². The standard InChI is InChI=1S/C21H26ClFN3O9P/c1-31-10-14(32-9-13-5-3-2-4-6-13)11-33-36(29,30)35-18-20(12-22)21(18,28)16(23)17(34-20)26-8-7-15(24)25-19(26)27/h2-8,14,16-18,28H,9-12H2,1H3,(H,29,30)(H2,24,25,27)/t14-,16-,17+,18?,20+,21+/m0/s1. The van der Waals surface area contributed by atoms with Crippen LogP contribution in [0, 0.1) is 0 Å². The fourth-order valence-corrected chi connectivity index (χ4v) is 5.59. The maximum Gasteiger partial charge on any atom is 0.472 e. The second-order valence-corrected chi connectivity index (χ2v) is 10.1. The minimum Gasteiger partial charge on any atom is -0.383 e.